The van der Waals surface area contributed by atoms with Crippen LogP contribution in [0.3, 0.4) is 0 Å². The number of fused-ring (bicyclic) bond motifs is 1. The monoisotopic (exact) mass is 454 g/mol. The second-order valence-electron chi connectivity index (χ2n) is 7.03. The smallest absolute Gasteiger partial charge is 0.0491 e. The summed E-state index contributed by atoms with van der Waals surface area (Å²) in [5.74, 6) is 0. The van der Waals surface area contributed by atoms with Gasteiger partial charge in [0.1, 0.15) is 0 Å². The molecule has 0 amide bonds. The lowest BCUT2D eigenvalue weighted by Crippen LogP contribution is -2.16. The van der Waals surface area contributed by atoms with Crippen LogP contribution in [0, 0.1) is 0 Å². The minimum atomic E-state index is 0. The van der Waals surface area contributed by atoms with Gasteiger partial charge >= 0.3 is 0 Å². The Hall–Kier alpha value is -1.23. The average Bonchev–Trinajstić information content (AvgIpc) is 3.04. The van der Waals surface area contributed by atoms with Crippen LogP contribution in [0.4, 0.5) is 0 Å². The fourth-order valence-electron chi connectivity index (χ4n) is 3.30. The third-order valence-electron chi connectivity index (χ3n) is 4.83. The van der Waals surface area contributed by atoms with Gasteiger partial charge in [0.25, 0.3) is 0 Å². The first-order valence-electron chi connectivity index (χ1n) is 9.98. The maximum Gasteiger partial charge on any atom is 0.0491 e. The van der Waals surface area contributed by atoms with E-state index in [1.54, 1.807) is 6.07 Å². The van der Waals surface area contributed by atoms with Gasteiger partial charge in [-0.15, -0.1) is 12.4 Å². The minimum Gasteiger partial charge on any atom is -0.381 e. The molecule has 0 radical (unpaired) electrons. The molecule has 0 aliphatic carbocycles. The van der Waals surface area contributed by atoms with Crippen LogP contribution in [0.15, 0.2) is 48.7 Å². The molecular formula is C23H29Cl3N2O. The van der Waals surface area contributed by atoms with Gasteiger partial charge in [0, 0.05) is 53.4 Å². The Morgan fingerprint density at radius 3 is 2.59 bits per heavy atom. The molecule has 0 aliphatic heterocycles. The molecule has 0 saturated heterocycles. The Bertz CT molecular complexity index is 895. The van der Waals surface area contributed by atoms with Gasteiger partial charge in [0.05, 0.1) is 0 Å². The van der Waals surface area contributed by atoms with Gasteiger partial charge < -0.3 is 14.6 Å². The number of rotatable bonds is 11. The molecule has 0 bridgehead atoms. The number of ether oxygens (including phenoxy) is 1. The number of benzene rings is 2. The normalized spacial score (nSPS) is 11.0. The first-order valence-corrected chi connectivity index (χ1v) is 10.7. The molecule has 0 aliphatic rings. The molecule has 3 rings (SSSR count). The molecule has 0 unspecified atom stereocenters. The number of hydrogen-bond donors (Lipinski definition) is 1. The highest BCUT2D eigenvalue weighted by Crippen LogP contribution is 2.26. The Kier molecular flexibility index (Phi) is 10.3. The van der Waals surface area contributed by atoms with Gasteiger partial charge in [-0.1, -0.05) is 60.8 Å². The van der Waals surface area contributed by atoms with Crippen molar-refractivity contribution in [1.29, 1.82) is 0 Å². The van der Waals surface area contributed by atoms with E-state index in [2.05, 4.69) is 47.3 Å². The van der Waals surface area contributed by atoms with E-state index in [0.29, 0.717) is 10.0 Å². The zero-order chi connectivity index (χ0) is 19.8. The Morgan fingerprint density at radius 1 is 1.00 bits per heavy atom. The van der Waals surface area contributed by atoms with Crippen molar-refractivity contribution in [2.75, 3.05) is 19.8 Å². The number of nitrogens with zero attached hydrogens (tertiary/aromatic N) is 1. The molecule has 2 aromatic carbocycles. The van der Waals surface area contributed by atoms with Crippen LogP contribution in [-0.2, 0) is 17.8 Å². The highest BCUT2D eigenvalue weighted by molar-refractivity contribution is 6.35. The summed E-state index contributed by atoms with van der Waals surface area (Å²) >= 11 is 12.4. The van der Waals surface area contributed by atoms with Crippen molar-refractivity contribution in [3.8, 4) is 0 Å². The van der Waals surface area contributed by atoms with Crippen LogP contribution in [0.2, 0.25) is 10.0 Å². The first kappa shape index (κ1) is 24.0. The maximum absolute atomic E-state index is 6.38. The van der Waals surface area contributed by atoms with Crippen molar-refractivity contribution in [2.24, 2.45) is 0 Å². The van der Waals surface area contributed by atoms with E-state index >= 15 is 0 Å². The molecule has 0 atom stereocenters. The fourth-order valence-corrected chi connectivity index (χ4v) is 3.77. The van der Waals surface area contributed by atoms with E-state index in [1.165, 1.54) is 22.9 Å². The summed E-state index contributed by atoms with van der Waals surface area (Å²) in [5.41, 5.74) is 3.58. The molecule has 29 heavy (non-hydrogen) atoms. The molecular weight excluding hydrogens is 427 g/mol. The van der Waals surface area contributed by atoms with E-state index in [1.807, 2.05) is 12.1 Å². The van der Waals surface area contributed by atoms with E-state index in [4.69, 9.17) is 27.9 Å². The predicted octanol–water partition coefficient (Wildman–Crippen LogP) is 6.71. The molecule has 0 fully saturated rings. The quantitative estimate of drug-likeness (QED) is 0.325. The molecule has 3 nitrogen and oxygen atoms in total. The SMILES string of the molecule is CCCCOCCCNCc1cn(Cc2ccc(Cl)cc2Cl)c2ccccc12.Cl. The topological polar surface area (TPSA) is 26.2 Å². The summed E-state index contributed by atoms with van der Waals surface area (Å²) in [5, 5.41) is 6.18. The van der Waals surface area contributed by atoms with Crippen LogP contribution >= 0.6 is 35.6 Å². The third kappa shape index (κ3) is 6.91. The summed E-state index contributed by atoms with van der Waals surface area (Å²) in [6.07, 6.45) is 5.58. The van der Waals surface area contributed by atoms with Crippen LogP contribution in [0.5, 0.6) is 0 Å². The van der Waals surface area contributed by atoms with E-state index in [0.717, 1.165) is 51.3 Å². The molecule has 0 spiro atoms. The van der Waals surface area contributed by atoms with Gasteiger partial charge in [0.15, 0.2) is 0 Å². The van der Waals surface area contributed by atoms with Crippen molar-refractivity contribution in [2.45, 2.75) is 39.3 Å². The van der Waals surface area contributed by atoms with Crippen molar-refractivity contribution in [1.82, 2.24) is 9.88 Å². The van der Waals surface area contributed by atoms with Crippen LogP contribution in [0.25, 0.3) is 10.9 Å². The van der Waals surface area contributed by atoms with Crippen molar-refractivity contribution in [3.63, 3.8) is 0 Å². The molecule has 0 saturated carbocycles. The van der Waals surface area contributed by atoms with E-state index < -0.39 is 0 Å². The van der Waals surface area contributed by atoms with Gasteiger partial charge in [0.2, 0.25) is 0 Å². The Labute approximate surface area is 189 Å². The number of aromatic nitrogens is 1. The molecule has 1 N–H and O–H groups in total. The second kappa shape index (κ2) is 12.5. The standard InChI is InChI=1S/C23H28Cl2N2O.ClH/c1-2-3-12-28-13-6-11-26-15-19-17-27(23-8-5-4-7-21(19)23)16-18-9-10-20(24)14-22(18)25;/h4-5,7-10,14,17,26H,2-3,6,11-13,15-16H2,1H3;1H. The number of halogens is 3. The zero-order valence-electron chi connectivity index (χ0n) is 16.8. The number of hydrogen-bond acceptors (Lipinski definition) is 2. The zero-order valence-corrected chi connectivity index (χ0v) is 19.1. The van der Waals surface area contributed by atoms with Gasteiger partial charge in [-0.2, -0.15) is 0 Å². The molecule has 6 heteroatoms. The molecule has 1 heterocycles. The third-order valence-corrected chi connectivity index (χ3v) is 5.41. The maximum atomic E-state index is 6.38. The first-order chi connectivity index (χ1) is 13.7. The lowest BCUT2D eigenvalue weighted by Gasteiger charge is -2.08. The molecule has 3 aromatic rings. The largest absolute Gasteiger partial charge is 0.381 e. The van der Waals surface area contributed by atoms with Crippen LogP contribution < -0.4 is 5.32 Å². The van der Waals surface area contributed by atoms with E-state index in [-0.39, 0.29) is 12.4 Å². The lowest BCUT2D eigenvalue weighted by atomic mass is 10.2. The Balaban J connectivity index is 0.00000300. The summed E-state index contributed by atoms with van der Waals surface area (Å²) in [7, 11) is 0. The predicted molar refractivity (Wildman–Crippen MR) is 127 cm³/mol. The highest BCUT2D eigenvalue weighted by Gasteiger charge is 2.10. The fraction of sp³-hybridized carbons (Fsp3) is 0.391. The molecule has 1 aromatic heterocycles. The number of unbranched alkanes of at least 4 members (excludes halogenated alkanes) is 1. The summed E-state index contributed by atoms with van der Waals surface area (Å²) in [6.45, 7) is 6.40. The summed E-state index contributed by atoms with van der Waals surface area (Å²) in [6, 6.07) is 14.2. The minimum absolute atomic E-state index is 0. The van der Waals surface area contributed by atoms with Crippen molar-refractivity contribution >= 4 is 46.5 Å². The van der Waals surface area contributed by atoms with Crippen molar-refractivity contribution in [3.05, 3.63) is 69.8 Å². The van der Waals surface area contributed by atoms with Crippen molar-refractivity contribution < 1.29 is 4.74 Å². The lowest BCUT2D eigenvalue weighted by molar-refractivity contribution is 0.129. The Morgan fingerprint density at radius 2 is 1.79 bits per heavy atom. The second-order valence-corrected chi connectivity index (χ2v) is 7.88. The van der Waals surface area contributed by atoms with Crippen LogP contribution in [-0.4, -0.2) is 24.3 Å². The van der Waals surface area contributed by atoms with E-state index in [9.17, 15) is 0 Å². The summed E-state index contributed by atoms with van der Waals surface area (Å²) in [4.78, 5) is 0. The molecule has 158 valence electrons. The number of para-hydroxylation sites is 1. The van der Waals surface area contributed by atoms with Gasteiger partial charge in [-0.3, -0.25) is 0 Å². The average molecular weight is 456 g/mol. The van der Waals surface area contributed by atoms with Gasteiger partial charge in [-0.25, -0.2) is 0 Å². The number of nitrogens with one attached hydrogen (secondary N) is 1. The van der Waals surface area contributed by atoms with Crippen LogP contribution in [0.1, 0.15) is 37.3 Å². The summed E-state index contributed by atoms with van der Waals surface area (Å²) < 4.78 is 7.88. The van der Waals surface area contributed by atoms with Gasteiger partial charge in [-0.05, 0) is 48.7 Å². The highest BCUT2D eigenvalue weighted by atomic mass is 35.5.